The zero-order valence-corrected chi connectivity index (χ0v) is 12.2. The van der Waals surface area contributed by atoms with Crippen LogP contribution >= 0.6 is 12.4 Å². The van der Waals surface area contributed by atoms with E-state index in [1.165, 1.54) is 12.8 Å². The normalized spacial score (nSPS) is 20.3. The summed E-state index contributed by atoms with van der Waals surface area (Å²) in [4.78, 5) is 6.86. The van der Waals surface area contributed by atoms with Crippen LogP contribution in [0.25, 0.3) is 0 Å². The highest BCUT2D eigenvalue weighted by atomic mass is 35.5. The second-order valence-corrected chi connectivity index (χ2v) is 5.03. The maximum atomic E-state index is 5.23. The molecule has 18 heavy (non-hydrogen) atoms. The maximum Gasteiger partial charge on any atom is 0.229 e. The summed E-state index contributed by atoms with van der Waals surface area (Å²) in [6.45, 7) is 7.11. The monoisotopic (exact) mass is 274 g/mol. The summed E-state index contributed by atoms with van der Waals surface area (Å²) in [6, 6.07) is 0.612. The average molecular weight is 275 g/mol. The van der Waals surface area contributed by atoms with E-state index in [0.29, 0.717) is 12.0 Å². The van der Waals surface area contributed by atoms with E-state index in [1.807, 2.05) is 7.05 Å². The number of likely N-dealkylation sites (N-methyl/N-ethyl adjacent to an activating group) is 1. The van der Waals surface area contributed by atoms with Crippen molar-refractivity contribution >= 4 is 12.4 Å². The third kappa shape index (κ3) is 3.67. The van der Waals surface area contributed by atoms with Gasteiger partial charge in [-0.25, -0.2) is 0 Å². The minimum Gasteiger partial charge on any atom is -0.339 e. The topological polar surface area (TPSA) is 54.2 Å². The highest BCUT2D eigenvalue weighted by molar-refractivity contribution is 5.85. The number of hydrogen-bond acceptors (Lipinski definition) is 5. The van der Waals surface area contributed by atoms with Gasteiger partial charge < -0.3 is 9.84 Å². The summed E-state index contributed by atoms with van der Waals surface area (Å²) in [5, 5.41) is 7.29. The second-order valence-electron chi connectivity index (χ2n) is 5.03. The third-order valence-electron chi connectivity index (χ3n) is 3.26. The molecule has 2 rings (SSSR count). The molecule has 1 fully saturated rings. The molecule has 0 amide bonds. The molecule has 1 atom stereocenters. The summed E-state index contributed by atoms with van der Waals surface area (Å²) in [5.41, 5.74) is 0. The van der Waals surface area contributed by atoms with Gasteiger partial charge in [0.2, 0.25) is 5.89 Å². The van der Waals surface area contributed by atoms with Crippen LogP contribution in [-0.4, -0.2) is 41.2 Å². The molecule has 6 heteroatoms. The van der Waals surface area contributed by atoms with Gasteiger partial charge >= 0.3 is 0 Å². The lowest BCUT2D eigenvalue weighted by molar-refractivity contribution is 0.232. The molecule has 0 bridgehead atoms. The first-order valence-electron chi connectivity index (χ1n) is 6.42. The van der Waals surface area contributed by atoms with E-state index in [0.717, 1.165) is 31.3 Å². The van der Waals surface area contributed by atoms with Crippen molar-refractivity contribution in [1.82, 2.24) is 20.4 Å². The third-order valence-corrected chi connectivity index (χ3v) is 3.26. The quantitative estimate of drug-likeness (QED) is 0.887. The molecule has 0 aromatic carbocycles. The Kier molecular flexibility index (Phi) is 6.05. The lowest BCUT2D eigenvalue weighted by Crippen LogP contribution is -2.36. The van der Waals surface area contributed by atoms with Gasteiger partial charge in [-0.05, 0) is 26.4 Å². The molecular formula is C12H23ClN4O. The first-order chi connectivity index (χ1) is 8.20. The van der Waals surface area contributed by atoms with E-state index in [1.54, 1.807) is 0 Å². The lowest BCUT2D eigenvalue weighted by atomic mass is 10.2. The average Bonchev–Trinajstić information content (AvgIpc) is 2.90. The van der Waals surface area contributed by atoms with Crippen LogP contribution in [0.15, 0.2) is 4.52 Å². The Morgan fingerprint density at radius 3 is 2.89 bits per heavy atom. The minimum atomic E-state index is 0. The van der Waals surface area contributed by atoms with Crippen LogP contribution in [0.3, 0.4) is 0 Å². The summed E-state index contributed by atoms with van der Waals surface area (Å²) < 4.78 is 5.23. The molecule has 0 spiro atoms. The molecule has 2 heterocycles. The van der Waals surface area contributed by atoms with Crippen molar-refractivity contribution < 1.29 is 4.52 Å². The molecule has 1 aromatic heterocycles. The lowest BCUT2D eigenvalue weighted by Gasteiger charge is -2.22. The van der Waals surface area contributed by atoms with Crippen LogP contribution in [-0.2, 0) is 6.54 Å². The Morgan fingerprint density at radius 1 is 1.50 bits per heavy atom. The molecule has 1 aliphatic rings. The Labute approximate surface area is 115 Å². The van der Waals surface area contributed by atoms with E-state index < -0.39 is 0 Å². The highest BCUT2D eigenvalue weighted by Gasteiger charge is 2.25. The van der Waals surface area contributed by atoms with Crippen molar-refractivity contribution in [3.8, 4) is 0 Å². The molecule has 1 aromatic rings. The molecular weight excluding hydrogens is 252 g/mol. The van der Waals surface area contributed by atoms with Crippen LogP contribution in [0.2, 0.25) is 0 Å². The van der Waals surface area contributed by atoms with Gasteiger partial charge in [0.25, 0.3) is 0 Å². The number of rotatable bonds is 5. The van der Waals surface area contributed by atoms with Crippen molar-refractivity contribution in [3.05, 3.63) is 11.7 Å². The van der Waals surface area contributed by atoms with Crippen LogP contribution in [0, 0.1) is 0 Å². The van der Waals surface area contributed by atoms with Crippen LogP contribution in [0.1, 0.15) is 44.3 Å². The molecule has 1 unspecified atom stereocenters. The zero-order valence-electron chi connectivity index (χ0n) is 11.3. The minimum absolute atomic E-state index is 0. The van der Waals surface area contributed by atoms with E-state index in [9.17, 15) is 0 Å². The number of nitrogens with zero attached hydrogens (tertiary/aromatic N) is 3. The molecule has 104 valence electrons. The van der Waals surface area contributed by atoms with Crippen molar-refractivity contribution in [3.63, 3.8) is 0 Å². The van der Waals surface area contributed by atoms with Gasteiger partial charge in [-0.1, -0.05) is 19.0 Å². The fourth-order valence-corrected chi connectivity index (χ4v) is 2.32. The Morgan fingerprint density at radius 2 is 2.28 bits per heavy atom. The molecule has 1 aliphatic heterocycles. The van der Waals surface area contributed by atoms with Gasteiger partial charge in [-0.2, -0.15) is 4.98 Å². The first kappa shape index (κ1) is 15.4. The second kappa shape index (κ2) is 7.07. The Hall–Kier alpha value is -0.650. The number of aromatic nitrogens is 2. The number of halogens is 1. The Balaban J connectivity index is 0.00000162. The van der Waals surface area contributed by atoms with Crippen molar-refractivity contribution in [2.75, 3.05) is 20.1 Å². The van der Waals surface area contributed by atoms with E-state index in [4.69, 9.17) is 4.52 Å². The highest BCUT2D eigenvalue weighted by Crippen LogP contribution is 2.19. The number of hydrogen-bond donors (Lipinski definition) is 1. The molecule has 5 nitrogen and oxygen atoms in total. The zero-order chi connectivity index (χ0) is 12.3. The summed E-state index contributed by atoms with van der Waals surface area (Å²) in [7, 11) is 2.00. The van der Waals surface area contributed by atoms with E-state index >= 15 is 0 Å². The fourth-order valence-electron chi connectivity index (χ4n) is 2.32. The van der Waals surface area contributed by atoms with Crippen LogP contribution < -0.4 is 5.32 Å². The maximum absolute atomic E-state index is 5.23. The number of likely N-dealkylation sites (tertiary alicyclic amines) is 1. The molecule has 1 saturated heterocycles. The van der Waals surface area contributed by atoms with E-state index in [-0.39, 0.29) is 12.4 Å². The van der Waals surface area contributed by atoms with Gasteiger partial charge in [-0.3, -0.25) is 4.90 Å². The predicted octanol–water partition coefficient (Wildman–Crippen LogP) is 1.80. The van der Waals surface area contributed by atoms with Gasteiger partial charge in [-0.15, -0.1) is 12.4 Å². The Bertz CT molecular complexity index is 356. The summed E-state index contributed by atoms with van der Waals surface area (Å²) >= 11 is 0. The fraction of sp³-hybridized carbons (Fsp3) is 0.833. The van der Waals surface area contributed by atoms with Gasteiger partial charge in [0.05, 0.1) is 6.54 Å². The van der Waals surface area contributed by atoms with Crippen LogP contribution in [0.4, 0.5) is 0 Å². The molecule has 0 radical (unpaired) electrons. The smallest absolute Gasteiger partial charge is 0.229 e. The number of nitrogens with one attached hydrogen (secondary N) is 1. The van der Waals surface area contributed by atoms with E-state index in [2.05, 4.69) is 34.2 Å². The van der Waals surface area contributed by atoms with Crippen molar-refractivity contribution in [1.29, 1.82) is 0 Å². The molecule has 0 aliphatic carbocycles. The summed E-state index contributed by atoms with van der Waals surface area (Å²) in [5.74, 6) is 1.86. The van der Waals surface area contributed by atoms with Gasteiger partial charge in [0.15, 0.2) is 5.82 Å². The largest absolute Gasteiger partial charge is 0.339 e. The van der Waals surface area contributed by atoms with Crippen LogP contribution in [0.5, 0.6) is 0 Å². The van der Waals surface area contributed by atoms with Crippen molar-refractivity contribution in [2.24, 2.45) is 0 Å². The SMILES string of the molecule is CNCC1CCCN1Cc1noc(C(C)C)n1.Cl. The first-order valence-corrected chi connectivity index (χ1v) is 6.42. The summed E-state index contributed by atoms with van der Waals surface area (Å²) in [6.07, 6.45) is 2.52. The molecule has 1 N–H and O–H groups in total. The van der Waals surface area contributed by atoms with Gasteiger partial charge in [0.1, 0.15) is 0 Å². The molecule has 0 saturated carbocycles. The van der Waals surface area contributed by atoms with Crippen molar-refractivity contribution in [2.45, 2.75) is 45.2 Å². The standard InChI is InChI=1S/C12H22N4O.ClH/c1-9(2)12-14-11(15-17-12)8-16-6-4-5-10(16)7-13-3;/h9-10,13H,4-8H2,1-3H3;1H. The van der Waals surface area contributed by atoms with Gasteiger partial charge in [0, 0.05) is 18.5 Å². The predicted molar refractivity (Wildman–Crippen MR) is 73.0 cm³/mol.